The summed E-state index contributed by atoms with van der Waals surface area (Å²) in [5.74, 6) is -1.31. The lowest BCUT2D eigenvalue weighted by molar-refractivity contribution is -0.127. The van der Waals surface area contributed by atoms with Gasteiger partial charge in [-0.15, -0.1) is 0 Å². The van der Waals surface area contributed by atoms with Crippen molar-refractivity contribution in [2.45, 2.75) is 13.8 Å². The molecular formula is C12H13NO2S. The van der Waals surface area contributed by atoms with Gasteiger partial charge < -0.3 is 5.32 Å². The van der Waals surface area contributed by atoms with Crippen LogP contribution in [0, 0.1) is 5.92 Å². The van der Waals surface area contributed by atoms with E-state index in [1.54, 1.807) is 0 Å². The number of ketones is 2. The zero-order valence-electron chi connectivity index (χ0n) is 9.19. The number of nitrogens with one attached hydrogen (secondary N) is 1. The van der Waals surface area contributed by atoms with E-state index in [1.165, 1.54) is 13.8 Å². The van der Waals surface area contributed by atoms with Gasteiger partial charge in [-0.25, -0.2) is 0 Å². The van der Waals surface area contributed by atoms with Crippen molar-refractivity contribution in [2.75, 3.05) is 5.32 Å². The highest BCUT2D eigenvalue weighted by atomic mass is 32.1. The number of hydrogen-bond donors (Lipinski definition) is 1. The second-order valence-electron chi connectivity index (χ2n) is 3.51. The van der Waals surface area contributed by atoms with Crippen LogP contribution in [-0.2, 0) is 9.59 Å². The highest BCUT2D eigenvalue weighted by molar-refractivity contribution is 7.80. The number of rotatable bonds is 4. The molecule has 1 aromatic carbocycles. The first-order valence-electron chi connectivity index (χ1n) is 4.89. The molecule has 0 aliphatic rings. The molecule has 0 spiro atoms. The van der Waals surface area contributed by atoms with Crippen molar-refractivity contribution in [2.24, 2.45) is 5.92 Å². The first-order valence-corrected chi connectivity index (χ1v) is 5.30. The van der Waals surface area contributed by atoms with Crippen LogP contribution in [0.3, 0.4) is 0 Å². The maximum Gasteiger partial charge on any atom is 0.147 e. The summed E-state index contributed by atoms with van der Waals surface area (Å²) in [5.41, 5.74) is 0.778. The van der Waals surface area contributed by atoms with Crippen LogP contribution in [0.25, 0.3) is 0 Å². The smallest absolute Gasteiger partial charge is 0.147 e. The second kappa shape index (κ2) is 5.51. The van der Waals surface area contributed by atoms with Crippen molar-refractivity contribution in [3.05, 3.63) is 30.3 Å². The monoisotopic (exact) mass is 235 g/mol. The third-order valence-electron chi connectivity index (χ3n) is 2.12. The number of para-hydroxylation sites is 1. The molecule has 0 saturated carbocycles. The third kappa shape index (κ3) is 3.24. The highest BCUT2D eigenvalue weighted by Gasteiger charge is 2.24. The van der Waals surface area contributed by atoms with E-state index < -0.39 is 5.92 Å². The molecule has 0 saturated heterocycles. The van der Waals surface area contributed by atoms with E-state index in [0.29, 0.717) is 0 Å². The molecule has 0 amide bonds. The van der Waals surface area contributed by atoms with Gasteiger partial charge in [0.1, 0.15) is 17.5 Å². The first kappa shape index (κ1) is 12.5. The van der Waals surface area contributed by atoms with E-state index in [-0.39, 0.29) is 16.6 Å². The fraction of sp³-hybridized carbons (Fsp3) is 0.250. The maximum absolute atomic E-state index is 11.3. The Balaban J connectivity index is 2.78. The Morgan fingerprint density at radius 2 is 1.62 bits per heavy atom. The van der Waals surface area contributed by atoms with Crippen LogP contribution >= 0.6 is 12.2 Å². The molecule has 0 aliphatic heterocycles. The molecule has 0 fully saturated rings. The van der Waals surface area contributed by atoms with Gasteiger partial charge in [0.05, 0.1) is 4.99 Å². The molecule has 0 unspecified atom stereocenters. The van der Waals surface area contributed by atoms with Gasteiger partial charge in [0.2, 0.25) is 0 Å². The zero-order chi connectivity index (χ0) is 12.1. The van der Waals surface area contributed by atoms with Gasteiger partial charge >= 0.3 is 0 Å². The van der Waals surface area contributed by atoms with Crippen LogP contribution in [-0.4, -0.2) is 16.6 Å². The van der Waals surface area contributed by atoms with Gasteiger partial charge in [-0.3, -0.25) is 9.59 Å². The zero-order valence-corrected chi connectivity index (χ0v) is 10.0. The van der Waals surface area contributed by atoms with Crippen molar-refractivity contribution < 1.29 is 9.59 Å². The molecular weight excluding hydrogens is 222 g/mol. The fourth-order valence-electron chi connectivity index (χ4n) is 1.39. The average Bonchev–Trinajstić information content (AvgIpc) is 2.17. The van der Waals surface area contributed by atoms with Crippen molar-refractivity contribution >= 4 is 34.5 Å². The van der Waals surface area contributed by atoms with Crippen LogP contribution in [0.15, 0.2) is 30.3 Å². The molecule has 0 radical (unpaired) electrons. The largest absolute Gasteiger partial charge is 0.349 e. The number of thiocarbonyl (C=S) groups is 1. The summed E-state index contributed by atoms with van der Waals surface area (Å²) < 4.78 is 0. The maximum atomic E-state index is 11.3. The summed E-state index contributed by atoms with van der Waals surface area (Å²) in [5, 5.41) is 2.89. The predicted octanol–water partition coefficient (Wildman–Crippen LogP) is 2.22. The number of Topliss-reactive ketones (excluding diaryl/α,β-unsaturated/α-hetero) is 2. The minimum absolute atomic E-state index is 0.235. The molecule has 3 nitrogen and oxygen atoms in total. The molecule has 4 heteroatoms. The molecule has 0 aliphatic carbocycles. The lowest BCUT2D eigenvalue weighted by Crippen LogP contribution is -2.32. The van der Waals surface area contributed by atoms with Gasteiger partial charge in [0.25, 0.3) is 0 Å². The van der Waals surface area contributed by atoms with Crippen LogP contribution in [0.5, 0.6) is 0 Å². The van der Waals surface area contributed by atoms with Crippen molar-refractivity contribution in [3.63, 3.8) is 0 Å². The molecule has 1 rings (SSSR count). The summed E-state index contributed by atoms with van der Waals surface area (Å²) in [4.78, 5) is 22.8. The average molecular weight is 235 g/mol. The number of hydrogen-bond acceptors (Lipinski definition) is 3. The Morgan fingerprint density at radius 1 is 1.12 bits per heavy atom. The Morgan fingerprint density at radius 3 is 2.06 bits per heavy atom. The molecule has 84 valence electrons. The van der Waals surface area contributed by atoms with Crippen molar-refractivity contribution in [1.29, 1.82) is 0 Å². The number of anilines is 1. The minimum atomic E-state index is -0.838. The molecule has 1 N–H and O–H groups in total. The van der Waals surface area contributed by atoms with Crippen LogP contribution in [0.1, 0.15) is 13.8 Å². The quantitative estimate of drug-likeness (QED) is 0.642. The third-order valence-corrected chi connectivity index (χ3v) is 2.45. The van der Waals surface area contributed by atoms with E-state index in [0.717, 1.165) is 5.69 Å². The second-order valence-corrected chi connectivity index (χ2v) is 3.95. The number of carbonyl (C=O) groups is 2. The first-order chi connectivity index (χ1) is 7.52. The Kier molecular flexibility index (Phi) is 4.31. The van der Waals surface area contributed by atoms with Crippen LogP contribution < -0.4 is 5.32 Å². The normalized spacial score (nSPS) is 9.94. The van der Waals surface area contributed by atoms with Crippen molar-refractivity contribution in [1.82, 2.24) is 0 Å². The minimum Gasteiger partial charge on any atom is -0.349 e. The number of carbonyl (C=O) groups excluding carboxylic acids is 2. The lowest BCUT2D eigenvalue weighted by Gasteiger charge is -2.13. The van der Waals surface area contributed by atoms with E-state index >= 15 is 0 Å². The summed E-state index contributed by atoms with van der Waals surface area (Å²) in [7, 11) is 0. The van der Waals surface area contributed by atoms with Crippen LogP contribution in [0.2, 0.25) is 0 Å². The van der Waals surface area contributed by atoms with Gasteiger partial charge in [0.15, 0.2) is 0 Å². The van der Waals surface area contributed by atoms with Gasteiger partial charge in [-0.05, 0) is 26.0 Å². The topological polar surface area (TPSA) is 46.2 Å². The Bertz CT molecular complexity index is 400. The SMILES string of the molecule is CC(=O)C(C(C)=O)C(=S)Nc1ccccc1. The highest BCUT2D eigenvalue weighted by Crippen LogP contribution is 2.10. The summed E-state index contributed by atoms with van der Waals surface area (Å²) in [6, 6.07) is 9.22. The standard InChI is InChI=1S/C12H13NO2S/c1-8(14)11(9(2)15)12(16)13-10-6-4-3-5-7-10/h3-7,11H,1-2H3,(H,13,16). The molecule has 1 aromatic rings. The molecule has 16 heavy (non-hydrogen) atoms. The molecule has 0 atom stereocenters. The summed E-state index contributed by atoms with van der Waals surface area (Å²) >= 11 is 5.06. The van der Waals surface area contributed by atoms with E-state index in [4.69, 9.17) is 12.2 Å². The van der Waals surface area contributed by atoms with Gasteiger partial charge in [-0.2, -0.15) is 0 Å². The Labute approximate surface area is 99.9 Å². The molecule has 0 bridgehead atoms. The van der Waals surface area contributed by atoms with E-state index in [2.05, 4.69) is 5.32 Å². The van der Waals surface area contributed by atoms with Gasteiger partial charge in [0, 0.05) is 5.69 Å². The summed E-state index contributed by atoms with van der Waals surface area (Å²) in [6.45, 7) is 2.73. The van der Waals surface area contributed by atoms with Crippen LogP contribution in [0.4, 0.5) is 5.69 Å². The summed E-state index contributed by atoms with van der Waals surface area (Å²) in [6.07, 6.45) is 0. The van der Waals surface area contributed by atoms with Crippen molar-refractivity contribution in [3.8, 4) is 0 Å². The van der Waals surface area contributed by atoms with Gasteiger partial charge in [-0.1, -0.05) is 30.4 Å². The number of benzene rings is 1. The van der Waals surface area contributed by atoms with E-state index in [9.17, 15) is 9.59 Å². The molecule has 0 aromatic heterocycles. The predicted molar refractivity (Wildman–Crippen MR) is 67.5 cm³/mol. The van der Waals surface area contributed by atoms with E-state index in [1.807, 2.05) is 30.3 Å². The molecule has 0 heterocycles. The lowest BCUT2D eigenvalue weighted by atomic mass is 10.0. The Hall–Kier alpha value is -1.55. The fourth-order valence-corrected chi connectivity index (χ4v) is 1.84.